The first-order valence-electron chi connectivity index (χ1n) is 8.84. The summed E-state index contributed by atoms with van der Waals surface area (Å²) < 4.78 is 0.425. The number of halogens is 1. The van der Waals surface area contributed by atoms with Gasteiger partial charge in [0, 0.05) is 0 Å². The summed E-state index contributed by atoms with van der Waals surface area (Å²) in [5, 5.41) is 12.3. The molecule has 0 bridgehead atoms. The molecule has 4 amide bonds. The Hall–Kier alpha value is -3.19. The first-order valence-corrected chi connectivity index (χ1v) is 9.63. The van der Waals surface area contributed by atoms with E-state index < -0.39 is 17.8 Å². The molecule has 1 fully saturated rings. The number of anilines is 1. The minimum absolute atomic E-state index is 0.0680. The second-order valence-electron chi connectivity index (χ2n) is 6.73. The molecule has 0 saturated carbocycles. The van der Waals surface area contributed by atoms with Crippen LogP contribution in [-0.2, 0) is 16.0 Å². The number of phenols is 1. The number of phenolic OH excluding ortho intramolecular Hbond substituents is 1. The number of carbonyl (C=O) groups excluding carboxylic acids is 3. The van der Waals surface area contributed by atoms with E-state index in [4.69, 9.17) is 0 Å². The summed E-state index contributed by atoms with van der Waals surface area (Å²) in [5.41, 5.74) is 3.26. The largest absolute Gasteiger partial charge is 0.506 e. The molecule has 0 spiro atoms. The first kappa shape index (κ1) is 20.5. The number of hydrogen-bond acceptors (Lipinski definition) is 4. The van der Waals surface area contributed by atoms with Crippen molar-refractivity contribution in [2.75, 3.05) is 4.90 Å². The minimum Gasteiger partial charge on any atom is -0.506 e. The summed E-state index contributed by atoms with van der Waals surface area (Å²) in [5.74, 6) is -1.41. The highest BCUT2D eigenvalue weighted by Crippen LogP contribution is 2.31. The topological polar surface area (TPSA) is 86.7 Å². The molecule has 0 radical (unpaired) electrons. The Morgan fingerprint density at radius 1 is 1.14 bits per heavy atom. The second-order valence-corrected chi connectivity index (χ2v) is 7.58. The van der Waals surface area contributed by atoms with Gasteiger partial charge in [-0.2, -0.15) is 0 Å². The van der Waals surface area contributed by atoms with E-state index in [1.54, 1.807) is 30.3 Å². The van der Waals surface area contributed by atoms with Gasteiger partial charge in [-0.1, -0.05) is 12.1 Å². The third-order valence-corrected chi connectivity index (χ3v) is 5.29. The maximum absolute atomic E-state index is 13.0. The van der Waals surface area contributed by atoms with Crippen molar-refractivity contribution in [2.24, 2.45) is 0 Å². The quantitative estimate of drug-likeness (QED) is 0.412. The number of aromatic hydroxyl groups is 1. The molecule has 148 valence electrons. The van der Waals surface area contributed by atoms with Crippen LogP contribution in [0.4, 0.5) is 10.5 Å². The molecule has 6 nitrogen and oxygen atoms in total. The number of amides is 4. The number of barbiturate groups is 1. The van der Waals surface area contributed by atoms with Gasteiger partial charge in [0.15, 0.2) is 0 Å². The molecule has 2 aromatic carbocycles. The van der Waals surface area contributed by atoms with Crippen molar-refractivity contribution in [3.8, 4) is 5.75 Å². The van der Waals surface area contributed by atoms with Crippen LogP contribution >= 0.6 is 15.9 Å². The highest BCUT2D eigenvalue weighted by Gasteiger charge is 2.36. The van der Waals surface area contributed by atoms with Crippen molar-refractivity contribution in [1.82, 2.24) is 5.32 Å². The Kier molecular flexibility index (Phi) is 5.70. The van der Waals surface area contributed by atoms with Gasteiger partial charge in [0.2, 0.25) is 0 Å². The number of hydrogen-bond donors (Lipinski definition) is 2. The molecule has 1 aliphatic rings. The van der Waals surface area contributed by atoms with Crippen LogP contribution in [0.15, 0.2) is 53.0 Å². The molecule has 0 aliphatic carbocycles. The number of nitrogens with one attached hydrogen (secondary N) is 1. The van der Waals surface area contributed by atoms with Crippen LogP contribution in [0.25, 0.3) is 6.08 Å². The van der Waals surface area contributed by atoms with Crippen molar-refractivity contribution in [1.29, 1.82) is 0 Å². The van der Waals surface area contributed by atoms with Crippen molar-refractivity contribution in [3.05, 3.63) is 75.3 Å². The summed E-state index contributed by atoms with van der Waals surface area (Å²) in [6.45, 7) is 7.46. The van der Waals surface area contributed by atoms with Gasteiger partial charge in [0.05, 0.1) is 10.2 Å². The molecule has 2 N–H and O–H groups in total. The molecule has 7 heteroatoms. The third-order valence-electron chi connectivity index (χ3n) is 4.69. The Morgan fingerprint density at radius 3 is 2.52 bits per heavy atom. The fourth-order valence-corrected chi connectivity index (χ4v) is 3.52. The van der Waals surface area contributed by atoms with E-state index in [1.165, 1.54) is 6.08 Å². The highest BCUT2D eigenvalue weighted by atomic mass is 79.9. The summed E-state index contributed by atoms with van der Waals surface area (Å²) in [4.78, 5) is 38.6. The fourth-order valence-electron chi connectivity index (χ4n) is 3.00. The number of allylic oxidation sites excluding steroid dienone is 1. The Morgan fingerprint density at radius 2 is 1.86 bits per heavy atom. The van der Waals surface area contributed by atoms with Crippen LogP contribution in [0.5, 0.6) is 5.75 Å². The molecule has 0 unspecified atom stereocenters. The molecule has 1 saturated heterocycles. The van der Waals surface area contributed by atoms with Crippen molar-refractivity contribution in [2.45, 2.75) is 20.3 Å². The SMILES string of the molecule is C=CCc1cc(/C=C2\C(=O)NC(=O)N(c3ccc(C)c(C)c3)C2=O)cc(Br)c1O. The number of nitrogens with zero attached hydrogens (tertiary/aromatic N) is 1. The maximum Gasteiger partial charge on any atom is 0.335 e. The summed E-state index contributed by atoms with van der Waals surface area (Å²) in [6, 6.07) is 7.65. The number of imide groups is 2. The normalized spacial score (nSPS) is 15.6. The van der Waals surface area contributed by atoms with Crippen LogP contribution < -0.4 is 10.2 Å². The van der Waals surface area contributed by atoms with E-state index in [-0.39, 0.29) is 11.3 Å². The molecule has 0 atom stereocenters. The van der Waals surface area contributed by atoms with E-state index >= 15 is 0 Å². The van der Waals surface area contributed by atoms with E-state index in [1.807, 2.05) is 19.9 Å². The lowest BCUT2D eigenvalue weighted by molar-refractivity contribution is -0.122. The van der Waals surface area contributed by atoms with Crippen LogP contribution in [0.3, 0.4) is 0 Å². The van der Waals surface area contributed by atoms with Gasteiger partial charge < -0.3 is 5.11 Å². The molecular formula is C22H19BrN2O4. The van der Waals surface area contributed by atoms with Crippen LogP contribution in [0.1, 0.15) is 22.3 Å². The molecule has 29 heavy (non-hydrogen) atoms. The van der Waals surface area contributed by atoms with Crippen molar-refractivity contribution >= 4 is 45.5 Å². The Bertz CT molecular complexity index is 1090. The van der Waals surface area contributed by atoms with Gasteiger partial charge in [-0.15, -0.1) is 6.58 Å². The standard InChI is InChI=1S/C22H19BrN2O4/c1-4-5-15-9-14(11-18(23)19(15)26)10-17-20(27)24-22(29)25(21(17)28)16-7-6-12(2)13(3)8-16/h4,6-11,26H,1,5H2,2-3H3,(H,24,27,29)/b17-10+. The van der Waals surface area contributed by atoms with E-state index in [9.17, 15) is 19.5 Å². The van der Waals surface area contributed by atoms with E-state index in [0.29, 0.717) is 27.7 Å². The summed E-state index contributed by atoms with van der Waals surface area (Å²) >= 11 is 3.27. The fraction of sp³-hybridized carbons (Fsp3) is 0.136. The second kappa shape index (κ2) is 8.05. The van der Waals surface area contributed by atoms with Gasteiger partial charge in [-0.05, 0) is 88.8 Å². The first-order chi connectivity index (χ1) is 13.7. The van der Waals surface area contributed by atoms with Crippen molar-refractivity contribution < 1.29 is 19.5 Å². The van der Waals surface area contributed by atoms with Crippen LogP contribution in [0.2, 0.25) is 0 Å². The van der Waals surface area contributed by atoms with Crippen molar-refractivity contribution in [3.63, 3.8) is 0 Å². The maximum atomic E-state index is 13.0. The van der Waals surface area contributed by atoms with Gasteiger partial charge in [0.25, 0.3) is 11.8 Å². The van der Waals surface area contributed by atoms with Gasteiger partial charge in [0.1, 0.15) is 11.3 Å². The van der Waals surface area contributed by atoms with E-state index in [0.717, 1.165) is 16.0 Å². The highest BCUT2D eigenvalue weighted by molar-refractivity contribution is 9.10. The van der Waals surface area contributed by atoms with Gasteiger partial charge in [-0.25, -0.2) is 9.69 Å². The third kappa shape index (κ3) is 4.00. The summed E-state index contributed by atoms with van der Waals surface area (Å²) in [7, 11) is 0. The lowest BCUT2D eigenvalue weighted by Crippen LogP contribution is -2.54. The van der Waals surface area contributed by atoms with Gasteiger partial charge >= 0.3 is 6.03 Å². The molecule has 1 heterocycles. The Balaban J connectivity index is 2.06. The summed E-state index contributed by atoms with van der Waals surface area (Å²) in [6.07, 6.45) is 3.45. The predicted molar refractivity (Wildman–Crippen MR) is 115 cm³/mol. The predicted octanol–water partition coefficient (Wildman–Crippen LogP) is 4.17. The molecule has 0 aromatic heterocycles. The smallest absolute Gasteiger partial charge is 0.335 e. The zero-order chi connectivity index (χ0) is 21.3. The number of carbonyl (C=O) groups is 3. The number of urea groups is 1. The minimum atomic E-state index is -0.792. The van der Waals surface area contributed by atoms with E-state index in [2.05, 4.69) is 27.8 Å². The molecule has 2 aromatic rings. The molecule has 1 aliphatic heterocycles. The average molecular weight is 455 g/mol. The number of rotatable bonds is 4. The number of benzene rings is 2. The Labute approximate surface area is 176 Å². The zero-order valence-corrected chi connectivity index (χ0v) is 17.5. The molecule has 3 rings (SSSR count). The number of aryl methyl sites for hydroxylation is 2. The zero-order valence-electron chi connectivity index (χ0n) is 16.0. The average Bonchev–Trinajstić information content (AvgIpc) is 2.65. The van der Waals surface area contributed by atoms with Gasteiger partial charge in [-0.3, -0.25) is 14.9 Å². The van der Waals surface area contributed by atoms with Crippen LogP contribution in [-0.4, -0.2) is 23.0 Å². The lowest BCUT2D eigenvalue weighted by Gasteiger charge is -2.27. The lowest BCUT2D eigenvalue weighted by atomic mass is 10.0. The molecular weight excluding hydrogens is 436 g/mol. The van der Waals surface area contributed by atoms with Crippen LogP contribution in [0, 0.1) is 13.8 Å². The monoisotopic (exact) mass is 454 g/mol.